The molecular weight excluding hydrogens is 419 g/mol. The number of hydrogen-bond donors (Lipinski definition) is 2. The number of rotatable bonds is 2. The number of carboxylic acid groups (broad SMARTS) is 2. The minimum Gasteiger partial charge on any atom is -0.545 e. The molecule has 6 nitrogen and oxygen atoms in total. The molecular formula is C10H12N2O4Pb. The number of carbonyl (C=O) groups is 2. The van der Waals surface area contributed by atoms with Gasteiger partial charge in [-0.3, -0.25) is 0 Å². The summed E-state index contributed by atoms with van der Waals surface area (Å²) in [5, 5.41) is 19.9. The largest absolute Gasteiger partial charge is 2.00 e. The Labute approximate surface area is 119 Å². The van der Waals surface area contributed by atoms with Crippen LogP contribution < -0.4 is 21.7 Å². The molecule has 0 atom stereocenters. The Kier molecular flexibility index (Phi) is 6.21. The van der Waals surface area contributed by atoms with Crippen molar-refractivity contribution >= 4 is 39.2 Å². The summed E-state index contributed by atoms with van der Waals surface area (Å²) in [5.74, 6) is -2.23. The number of carbonyl (C=O) groups excluding carboxylic acids is 2. The van der Waals surface area contributed by atoms with Gasteiger partial charge in [0.1, 0.15) is 0 Å². The molecule has 0 saturated heterocycles. The van der Waals surface area contributed by atoms with E-state index in [0.29, 0.717) is 37.1 Å². The molecule has 90 valence electrons. The van der Waals surface area contributed by atoms with E-state index < -0.39 is 11.9 Å². The van der Waals surface area contributed by atoms with Crippen LogP contribution in [0.15, 0.2) is 22.5 Å². The number of nitrogens with two attached hydrogens (primary N) is 2. The summed E-state index contributed by atoms with van der Waals surface area (Å²) in [6.07, 6.45) is 2.58. The average molecular weight is 431 g/mol. The zero-order valence-corrected chi connectivity index (χ0v) is 13.0. The first kappa shape index (κ1) is 15.9. The van der Waals surface area contributed by atoms with Crippen molar-refractivity contribution in [2.24, 2.45) is 11.5 Å². The Morgan fingerprint density at radius 1 is 0.824 bits per heavy atom. The van der Waals surface area contributed by atoms with Crippen LogP contribution in [-0.4, -0.2) is 39.2 Å². The van der Waals surface area contributed by atoms with E-state index >= 15 is 0 Å². The second-order valence-corrected chi connectivity index (χ2v) is 3.58. The van der Waals surface area contributed by atoms with E-state index in [1.165, 1.54) is 0 Å². The van der Waals surface area contributed by atoms with E-state index in [0.717, 1.165) is 0 Å². The molecule has 2 rings (SSSR count). The molecule has 0 aromatic rings. The molecule has 0 heterocycles. The van der Waals surface area contributed by atoms with Gasteiger partial charge in [0, 0.05) is 11.4 Å². The molecule has 0 amide bonds. The smallest absolute Gasteiger partial charge is 0.545 e. The van der Waals surface area contributed by atoms with Gasteiger partial charge < -0.3 is 31.3 Å². The number of aliphatic carboxylic acids is 2. The summed E-state index contributed by atoms with van der Waals surface area (Å²) in [4.78, 5) is 19.9. The van der Waals surface area contributed by atoms with Gasteiger partial charge in [-0.15, -0.1) is 0 Å². The van der Waals surface area contributed by atoms with Crippen molar-refractivity contribution in [2.45, 2.75) is 25.7 Å². The topological polar surface area (TPSA) is 132 Å². The first-order valence-corrected chi connectivity index (χ1v) is 4.81. The summed E-state index contributed by atoms with van der Waals surface area (Å²) < 4.78 is 0. The van der Waals surface area contributed by atoms with Gasteiger partial charge in [-0.25, -0.2) is 0 Å². The summed E-state index contributed by atoms with van der Waals surface area (Å²) in [5.41, 5.74) is 11.9. The normalized spacial score (nSPS) is 16.9. The third kappa shape index (κ3) is 4.02. The van der Waals surface area contributed by atoms with Crippen molar-refractivity contribution in [1.82, 2.24) is 0 Å². The Morgan fingerprint density at radius 3 is 1.12 bits per heavy atom. The first-order chi connectivity index (χ1) is 7.43. The summed E-state index contributed by atoms with van der Waals surface area (Å²) in [6, 6.07) is 0. The predicted molar refractivity (Wildman–Crippen MR) is 56.7 cm³/mol. The van der Waals surface area contributed by atoms with Crippen molar-refractivity contribution in [3.63, 3.8) is 0 Å². The zero-order chi connectivity index (χ0) is 12.3. The fraction of sp³-hybridized carbons (Fsp3) is 0.400. The van der Waals surface area contributed by atoms with E-state index in [4.69, 9.17) is 11.5 Å². The van der Waals surface area contributed by atoms with Gasteiger partial charge in [0.15, 0.2) is 0 Å². The first-order valence-electron chi connectivity index (χ1n) is 4.81. The summed E-state index contributed by atoms with van der Waals surface area (Å²) in [7, 11) is 0. The van der Waals surface area contributed by atoms with E-state index in [-0.39, 0.29) is 38.4 Å². The minimum atomic E-state index is -1.12. The van der Waals surface area contributed by atoms with Gasteiger partial charge in [-0.05, 0) is 36.8 Å². The van der Waals surface area contributed by atoms with Crippen molar-refractivity contribution < 1.29 is 19.8 Å². The van der Waals surface area contributed by atoms with Gasteiger partial charge in [-0.2, -0.15) is 0 Å². The molecule has 0 aromatic carbocycles. The van der Waals surface area contributed by atoms with Gasteiger partial charge in [0.2, 0.25) is 0 Å². The maximum absolute atomic E-state index is 9.94. The monoisotopic (exact) mass is 432 g/mol. The van der Waals surface area contributed by atoms with E-state index in [1.807, 2.05) is 0 Å². The maximum Gasteiger partial charge on any atom is 2.00 e. The molecule has 0 fully saturated rings. The summed E-state index contributed by atoms with van der Waals surface area (Å²) >= 11 is 0. The number of hydrogen-bond acceptors (Lipinski definition) is 6. The molecule has 17 heavy (non-hydrogen) atoms. The van der Waals surface area contributed by atoms with Crippen LogP contribution in [0.5, 0.6) is 0 Å². The van der Waals surface area contributed by atoms with Crippen molar-refractivity contribution in [2.75, 3.05) is 0 Å². The van der Waals surface area contributed by atoms with Crippen LogP contribution in [0.3, 0.4) is 0 Å². The van der Waals surface area contributed by atoms with Crippen LogP contribution in [0.25, 0.3) is 0 Å². The van der Waals surface area contributed by atoms with Gasteiger partial charge in [0.05, 0.1) is 11.9 Å². The van der Waals surface area contributed by atoms with E-state index in [2.05, 4.69) is 0 Å². The molecule has 2 radical (unpaired) electrons. The number of allylic oxidation sites excluding steroid dienone is 2. The molecule has 0 aromatic heterocycles. The second kappa shape index (κ2) is 6.62. The maximum atomic E-state index is 9.94. The van der Waals surface area contributed by atoms with Crippen LogP contribution in [0.2, 0.25) is 0 Å². The third-order valence-electron chi connectivity index (χ3n) is 2.56. The fourth-order valence-electron chi connectivity index (χ4n) is 1.25. The quantitative estimate of drug-likeness (QED) is 0.451. The molecule has 0 aliphatic heterocycles. The number of carboxylic acids is 2. The fourth-order valence-corrected chi connectivity index (χ4v) is 1.25. The second-order valence-electron chi connectivity index (χ2n) is 3.58. The molecule has 2 aliphatic rings. The SMILES string of the molecule is NC1=C(C(=O)[O-])CC1.NC1=C(C(=O)[O-])CC1.[Pb+2]. The Hall–Kier alpha value is -1.06. The molecule has 4 N–H and O–H groups in total. The molecule has 0 saturated carbocycles. The van der Waals surface area contributed by atoms with Crippen LogP contribution in [0, 0.1) is 0 Å². The van der Waals surface area contributed by atoms with Gasteiger partial charge in [0.25, 0.3) is 0 Å². The van der Waals surface area contributed by atoms with Crippen molar-refractivity contribution in [1.29, 1.82) is 0 Å². The average Bonchev–Trinajstić information content (AvgIpc) is 2.12. The van der Waals surface area contributed by atoms with Crippen LogP contribution in [0.1, 0.15) is 25.7 Å². The van der Waals surface area contributed by atoms with Gasteiger partial charge in [-0.1, -0.05) is 0 Å². The zero-order valence-electron chi connectivity index (χ0n) is 9.12. The molecule has 0 bridgehead atoms. The Balaban J connectivity index is 0.000000284. The van der Waals surface area contributed by atoms with Crippen LogP contribution in [-0.2, 0) is 9.59 Å². The van der Waals surface area contributed by atoms with E-state index in [1.54, 1.807) is 0 Å². The predicted octanol–water partition coefficient (Wildman–Crippen LogP) is -2.89. The van der Waals surface area contributed by atoms with Crippen LogP contribution in [0.4, 0.5) is 0 Å². The Morgan fingerprint density at radius 2 is 1.12 bits per heavy atom. The standard InChI is InChI=1S/2C5H7NO2.Pb/c2*6-4-2-1-3(4)5(7)8;/h2*1-2,6H2,(H,7,8);/q;;+2/p-2. The minimum absolute atomic E-state index is 0. The van der Waals surface area contributed by atoms with Crippen molar-refractivity contribution in [3.05, 3.63) is 22.5 Å². The molecule has 0 spiro atoms. The molecule has 0 unspecified atom stereocenters. The van der Waals surface area contributed by atoms with Gasteiger partial charge >= 0.3 is 27.3 Å². The Bertz CT molecular complexity index is 363. The van der Waals surface area contributed by atoms with Crippen molar-refractivity contribution in [3.8, 4) is 0 Å². The van der Waals surface area contributed by atoms with E-state index in [9.17, 15) is 19.8 Å². The summed E-state index contributed by atoms with van der Waals surface area (Å²) in [6.45, 7) is 0. The molecule has 2 aliphatic carbocycles. The third-order valence-corrected chi connectivity index (χ3v) is 2.56. The van der Waals surface area contributed by atoms with Crippen LogP contribution >= 0.6 is 0 Å². The molecule has 7 heteroatoms.